The molecule has 0 radical (unpaired) electrons. The largest absolute Gasteiger partial charge is 0.496 e. The first-order valence-corrected chi connectivity index (χ1v) is 7.13. The van der Waals surface area contributed by atoms with Gasteiger partial charge < -0.3 is 14.6 Å². The first kappa shape index (κ1) is 16.1. The summed E-state index contributed by atoms with van der Waals surface area (Å²) in [5.41, 5.74) is 1.44. The molecule has 1 aromatic heterocycles. The molecule has 0 atom stereocenters. The summed E-state index contributed by atoms with van der Waals surface area (Å²) < 4.78 is 6.58. The van der Waals surface area contributed by atoms with E-state index in [2.05, 4.69) is 5.32 Å². The topological polar surface area (TPSA) is 60.3 Å². The Balaban J connectivity index is 2.01. The second-order valence-corrected chi connectivity index (χ2v) is 5.34. The summed E-state index contributed by atoms with van der Waals surface area (Å²) in [7, 11) is 1.56. The molecular weight excluding hydrogens is 304 g/mol. The maximum absolute atomic E-state index is 12.0. The monoisotopic (exact) mass is 320 g/mol. The van der Waals surface area contributed by atoms with Gasteiger partial charge in [0.2, 0.25) is 5.91 Å². The molecule has 2 aromatic rings. The van der Waals surface area contributed by atoms with E-state index >= 15 is 0 Å². The molecule has 0 fully saturated rings. The van der Waals surface area contributed by atoms with Crippen LogP contribution in [-0.4, -0.2) is 17.6 Å². The summed E-state index contributed by atoms with van der Waals surface area (Å²) >= 11 is 5.94. The number of nitrogens with one attached hydrogen (secondary N) is 1. The third-order valence-electron chi connectivity index (χ3n) is 3.18. The molecule has 22 heavy (non-hydrogen) atoms. The van der Waals surface area contributed by atoms with Crippen molar-refractivity contribution in [3.05, 3.63) is 63.0 Å². The molecule has 0 aliphatic heterocycles. The molecule has 0 aliphatic carbocycles. The molecule has 1 aromatic carbocycles. The minimum absolute atomic E-state index is 0.0258. The van der Waals surface area contributed by atoms with Crippen molar-refractivity contribution in [1.29, 1.82) is 0 Å². The van der Waals surface area contributed by atoms with Gasteiger partial charge in [-0.2, -0.15) is 0 Å². The number of carbonyl (C=O) groups is 1. The quantitative estimate of drug-likeness (QED) is 0.918. The molecule has 1 N–H and O–H groups in total. The van der Waals surface area contributed by atoms with Crippen molar-refractivity contribution < 1.29 is 9.53 Å². The third-order valence-corrected chi connectivity index (χ3v) is 3.42. The fourth-order valence-electron chi connectivity index (χ4n) is 2.03. The van der Waals surface area contributed by atoms with Crippen LogP contribution in [0.5, 0.6) is 5.75 Å². The molecule has 6 heteroatoms. The van der Waals surface area contributed by atoms with Crippen molar-refractivity contribution in [1.82, 2.24) is 9.88 Å². The van der Waals surface area contributed by atoms with Crippen LogP contribution in [0.2, 0.25) is 5.02 Å². The van der Waals surface area contributed by atoms with Crippen LogP contribution in [0.15, 0.2) is 41.3 Å². The number of rotatable bonds is 5. The van der Waals surface area contributed by atoms with Gasteiger partial charge in [-0.05, 0) is 36.8 Å². The predicted octanol–water partition coefficient (Wildman–Crippen LogP) is 2.14. The van der Waals surface area contributed by atoms with E-state index < -0.39 is 0 Å². The number of nitrogens with zero attached hydrogens (tertiary/aromatic N) is 1. The highest BCUT2D eigenvalue weighted by molar-refractivity contribution is 6.30. The van der Waals surface area contributed by atoms with Crippen molar-refractivity contribution in [2.75, 3.05) is 7.11 Å². The maximum atomic E-state index is 12.0. The van der Waals surface area contributed by atoms with Crippen LogP contribution in [-0.2, 0) is 17.9 Å². The molecule has 0 saturated carbocycles. The first-order valence-electron chi connectivity index (χ1n) is 6.76. The Labute approximate surface area is 133 Å². The molecule has 1 heterocycles. The van der Waals surface area contributed by atoms with Crippen molar-refractivity contribution in [3.8, 4) is 5.75 Å². The van der Waals surface area contributed by atoms with Crippen LogP contribution in [0.25, 0.3) is 0 Å². The van der Waals surface area contributed by atoms with E-state index in [1.165, 1.54) is 10.6 Å². The molecule has 2 rings (SSSR count). The van der Waals surface area contributed by atoms with Gasteiger partial charge in [0.1, 0.15) is 12.3 Å². The number of carbonyl (C=O) groups excluding carboxylic acids is 1. The lowest BCUT2D eigenvalue weighted by molar-refractivity contribution is -0.121. The van der Waals surface area contributed by atoms with Gasteiger partial charge in [-0.3, -0.25) is 9.59 Å². The molecule has 1 amide bonds. The highest BCUT2D eigenvalue weighted by atomic mass is 35.5. The second-order valence-electron chi connectivity index (χ2n) is 4.90. The number of hydrogen-bond donors (Lipinski definition) is 1. The fraction of sp³-hybridized carbons (Fsp3) is 0.250. The van der Waals surface area contributed by atoms with E-state index in [9.17, 15) is 9.59 Å². The highest BCUT2D eigenvalue weighted by Crippen LogP contribution is 2.22. The third kappa shape index (κ3) is 4.11. The number of pyridine rings is 1. The summed E-state index contributed by atoms with van der Waals surface area (Å²) in [6.07, 6.45) is 1.61. The predicted molar refractivity (Wildman–Crippen MR) is 85.3 cm³/mol. The molecule has 0 aliphatic rings. The normalized spacial score (nSPS) is 10.3. The van der Waals surface area contributed by atoms with E-state index in [0.717, 1.165) is 11.1 Å². The average molecular weight is 321 g/mol. The lowest BCUT2D eigenvalue weighted by atomic mass is 10.2. The van der Waals surface area contributed by atoms with Crippen LogP contribution in [0.3, 0.4) is 0 Å². The molecule has 116 valence electrons. The Morgan fingerprint density at radius 3 is 2.77 bits per heavy atom. The average Bonchev–Trinajstić information content (AvgIpc) is 2.48. The SMILES string of the molecule is COc1ccc(Cl)cc1CNC(=O)Cn1ccc(C)cc1=O. The Morgan fingerprint density at radius 2 is 2.09 bits per heavy atom. The zero-order valence-corrected chi connectivity index (χ0v) is 13.2. The zero-order valence-electron chi connectivity index (χ0n) is 12.4. The van der Waals surface area contributed by atoms with Gasteiger partial charge in [0.25, 0.3) is 5.56 Å². The summed E-state index contributed by atoms with van der Waals surface area (Å²) in [6, 6.07) is 8.48. The lowest BCUT2D eigenvalue weighted by Gasteiger charge is -2.11. The second kappa shape index (κ2) is 7.13. The number of halogens is 1. The van der Waals surface area contributed by atoms with Crippen LogP contribution in [0.4, 0.5) is 0 Å². The van der Waals surface area contributed by atoms with Crippen LogP contribution in [0.1, 0.15) is 11.1 Å². The van der Waals surface area contributed by atoms with Crippen molar-refractivity contribution in [2.24, 2.45) is 0 Å². The smallest absolute Gasteiger partial charge is 0.251 e. The van der Waals surface area contributed by atoms with Crippen molar-refractivity contribution >= 4 is 17.5 Å². The van der Waals surface area contributed by atoms with Gasteiger partial charge in [0, 0.05) is 29.4 Å². The standard InChI is InChI=1S/C16H17ClN2O3/c1-11-5-6-19(16(21)7-11)10-15(20)18-9-12-8-13(17)3-4-14(12)22-2/h3-8H,9-10H2,1-2H3,(H,18,20). The Morgan fingerprint density at radius 1 is 1.32 bits per heavy atom. The lowest BCUT2D eigenvalue weighted by Crippen LogP contribution is -2.31. The van der Waals surface area contributed by atoms with Crippen LogP contribution >= 0.6 is 11.6 Å². The number of aryl methyl sites for hydroxylation is 1. The number of aromatic nitrogens is 1. The summed E-state index contributed by atoms with van der Waals surface area (Å²) in [5.74, 6) is 0.394. The van der Waals surface area contributed by atoms with E-state index in [-0.39, 0.29) is 24.6 Å². The van der Waals surface area contributed by atoms with Gasteiger partial charge in [-0.15, -0.1) is 0 Å². The number of benzene rings is 1. The van der Waals surface area contributed by atoms with Gasteiger partial charge in [0.05, 0.1) is 7.11 Å². The number of methoxy groups -OCH3 is 1. The zero-order chi connectivity index (χ0) is 16.1. The van der Waals surface area contributed by atoms with E-state index in [0.29, 0.717) is 10.8 Å². The summed E-state index contributed by atoms with van der Waals surface area (Å²) in [4.78, 5) is 23.7. The van der Waals surface area contributed by atoms with Gasteiger partial charge >= 0.3 is 0 Å². The van der Waals surface area contributed by atoms with Gasteiger partial charge in [0.15, 0.2) is 0 Å². The summed E-state index contributed by atoms with van der Waals surface area (Å²) in [6.45, 7) is 2.09. The maximum Gasteiger partial charge on any atom is 0.251 e. The van der Waals surface area contributed by atoms with Crippen LogP contribution < -0.4 is 15.6 Å². The van der Waals surface area contributed by atoms with E-state index in [1.807, 2.05) is 6.92 Å². The van der Waals surface area contributed by atoms with Gasteiger partial charge in [-0.25, -0.2) is 0 Å². The van der Waals surface area contributed by atoms with E-state index in [4.69, 9.17) is 16.3 Å². The highest BCUT2D eigenvalue weighted by Gasteiger charge is 2.08. The molecule has 0 bridgehead atoms. The first-order chi connectivity index (χ1) is 10.5. The van der Waals surface area contributed by atoms with Crippen LogP contribution in [0, 0.1) is 6.92 Å². The van der Waals surface area contributed by atoms with Crippen molar-refractivity contribution in [3.63, 3.8) is 0 Å². The molecule has 0 spiro atoms. The van der Waals surface area contributed by atoms with Gasteiger partial charge in [-0.1, -0.05) is 11.6 Å². The molecule has 0 unspecified atom stereocenters. The number of amides is 1. The minimum Gasteiger partial charge on any atom is -0.496 e. The molecule has 5 nitrogen and oxygen atoms in total. The van der Waals surface area contributed by atoms with Crippen molar-refractivity contribution in [2.45, 2.75) is 20.0 Å². The number of hydrogen-bond acceptors (Lipinski definition) is 3. The number of ether oxygens (including phenoxy) is 1. The summed E-state index contributed by atoms with van der Waals surface area (Å²) in [5, 5.41) is 3.32. The molecular formula is C16H17ClN2O3. The Hall–Kier alpha value is -2.27. The Kier molecular flexibility index (Phi) is 5.22. The Bertz CT molecular complexity index is 740. The minimum atomic E-state index is -0.256. The molecule has 0 saturated heterocycles. The van der Waals surface area contributed by atoms with E-state index in [1.54, 1.807) is 37.6 Å². The fourth-order valence-corrected chi connectivity index (χ4v) is 2.22.